The molecule has 1 aliphatic rings. The van der Waals surface area contributed by atoms with Crippen molar-refractivity contribution in [3.05, 3.63) is 21.6 Å². The Morgan fingerprint density at radius 1 is 1.31 bits per heavy atom. The third-order valence-corrected chi connectivity index (χ3v) is 6.79. The molecule has 0 amide bonds. The molecule has 0 saturated heterocycles. The summed E-state index contributed by atoms with van der Waals surface area (Å²) in [4.78, 5) is 0. The van der Waals surface area contributed by atoms with Crippen molar-refractivity contribution in [3.63, 3.8) is 0 Å². The molecule has 0 aromatic carbocycles. The van der Waals surface area contributed by atoms with Crippen LogP contribution in [0.2, 0.25) is 4.18 Å². The van der Waals surface area contributed by atoms with Crippen molar-refractivity contribution in [1.82, 2.24) is 0 Å². The Morgan fingerprint density at radius 2 is 2.00 bits per heavy atom. The molecule has 0 radical (unpaired) electrons. The average Bonchev–Trinajstić information content (AvgIpc) is 2.41. The van der Waals surface area contributed by atoms with Crippen LogP contribution in [-0.4, -0.2) is 0 Å². The predicted octanol–water partition coefficient (Wildman–Crippen LogP) is -5.86. The van der Waals surface area contributed by atoms with Crippen LogP contribution in [0, 0.1) is 0 Å². The van der Waals surface area contributed by atoms with Crippen LogP contribution in [0.1, 0.15) is 26.2 Å². The number of hydrogen-bond donors (Lipinski definition) is 0. The van der Waals surface area contributed by atoms with E-state index in [-0.39, 0.29) is 94.8 Å². The second-order valence-electron chi connectivity index (χ2n) is 2.60. The smallest absolute Gasteiger partial charge is 1.00 e. The standard InChI is InChI=1S/C5H5.C4H9.Hf.3HI/c1-2-4-5-3-1;1-3-4-2;;;;/h1-3H,4H2;1,3-4H2,2H3;;3*1H/q;;+3;;;/p-3. The fourth-order valence-corrected chi connectivity index (χ4v) is 5.77. The summed E-state index contributed by atoms with van der Waals surface area (Å²) in [7, 11) is 0. The first kappa shape index (κ1) is 20.9. The minimum atomic E-state index is -0.283. The first-order chi connectivity index (χ1) is 4.93. The molecule has 0 atom stereocenters. The van der Waals surface area contributed by atoms with Crippen LogP contribution in [0.3, 0.4) is 0 Å². The maximum absolute atomic E-state index is 2.35. The number of hydrogen-bond acceptors (Lipinski definition) is 0. The molecule has 0 heterocycles. The molecular formula is C9H14HfI3. The van der Waals surface area contributed by atoms with Gasteiger partial charge >= 0.3 is 74.8 Å². The summed E-state index contributed by atoms with van der Waals surface area (Å²) in [5.74, 6) is 0. The molecule has 0 unspecified atom stereocenters. The van der Waals surface area contributed by atoms with Gasteiger partial charge in [-0.3, -0.25) is 0 Å². The van der Waals surface area contributed by atoms with Gasteiger partial charge in [-0.25, -0.2) is 0 Å². The topological polar surface area (TPSA) is 0 Å². The predicted molar refractivity (Wildman–Crippen MR) is 41.6 cm³/mol. The van der Waals surface area contributed by atoms with E-state index in [1.807, 2.05) is 3.33 Å². The van der Waals surface area contributed by atoms with Gasteiger partial charge in [0.2, 0.25) is 0 Å². The van der Waals surface area contributed by atoms with Crippen molar-refractivity contribution in [2.24, 2.45) is 0 Å². The Labute approximate surface area is 144 Å². The second kappa shape index (κ2) is 14.5. The summed E-state index contributed by atoms with van der Waals surface area (Å²) in [5, 5.41) is 0. The summed E-state index contributed by atoms with van der Waals surface area (Å²) >= 11 is -0.283. The van der Waals surface area contributed by atoms with E-state index in [1.54, 1.807) is 4.18 Å². The van der Waals surface area contributed by atoms with E-state index in [0.717, 1.165) is 0 Å². The molecule has 1 aliphatic carbocycles. The molecule has 1 rings (SSSR count). The molecule has 0 saturated carbocycles. The van der Waals surface area contributed by atoms with Gasteiger partial charge in [0, 0.05) is 0 Å². The van der Waals surface area contributed by atoms with Gasteiger partial charge in [0.05, 0.1) is 0 Å². The Balaban J connectivity index is -0.000000333. The van der Waals surface area contributed by atoms with Crippen molar-refractivity contribution in [3.8, 4) is 0 Å². The molecule has 0 bridgehead atoms. The summed E-state index contributed by atoms with van der Waals surface area (Å²) in [6.45, 7) is 2.28. The SMILES string of the molecule is CCC[CH2][Hf+3][C]1=CC=CC1.[I-].[I-].[I-]. The van der Waals surface area contributed by atoms with E-state index in [2.05, 4.69) is 25.2 Å². The molecule has 0 aromatic rings. The van der Waals surface area contributed by atoms with Crippen molar-refractivity contribution < 1.29 is 94.8 Å². The molecule has 75 valence electrons. The summed E-state index contributed by atoms with van der Waals surface area (Å²) in [5.41, 5.74) is 0. The third-order valence-electron chi connectivity index (χ3n) is 1.65. The van der Waals surface area contributed by atoms with Crippen LogP contribution < -0.4 is 71.9 Å². The van der Waals surface area contributed by atoms with Gasteiger partial charge in [0.1, 0.15) is 0 Å². The van der Waals surface area contributed by atoms with Gasteiger partial charge in [-0.15, -0.1) is 0 Å². The zero-order chi connectivity index (χ0) is 7.23. The minimum absolute atomic E-state index is 0. The van der Waals surface area contributed by atoms with Crippen LogP contribution in [0.5, 0.6) is 0 Å². The van der Waals surface area contributed by atoms with Gasteiger partial charge < -0.3 is 71.9 Å². The zero-order valence-electron chi connectivity index (χ0n) is 7.69. The van der Waals surface area contributed by atoms with Crippen LogP contribution >= 0.6 is 0 Å². The number of unbranched alkanes of at least 4 members (excludes halogenated alkanes) is 1. The average molecular weight is 681 g/mol. The molecule has 0 aliphatic heterocycles. The van der Waals surface area contributed by atoms with Crippen molar-refractivity contribution >= 4 is 0 Å². The summed E-state index contributed by atoms with van der Waals surface area (Å²) in [6, 6.07) is 0. The molecular weight excluding hydrogens is 667 g/mol. The van der Waals surface area contributed by atoms with Crippen LogP contribution in [0.4, 0.5) is 0 Å². The fraction of sp³-hybridized carbons (Fsp3) is 0.556. The quantitative estimate of drug-likeness (QED) is 0.158. The Hall–Kier alpha value is 2.54. The molecule has 0 N–H and O–H groups in total. The van der Waals surface area contributed by atoms with Gasteiger partial charge in [-0.05, 0) is 0 Å². The monoisotopic (exact) mass is 683 g/mol. The number of rotatable bonds is 4. The van der Waals surface area contributed by atoms with E-state index in [9.17, 15) is 0 Å². The fourth-order valence-electron chi connectivity index (χ4n) is 1.00. The van der Waals surface area contributed by atoms with Crippen molar-refractivity contribution in [2.45, 2.75) is 30.4 Å². The molecule has 0 nitrogen and oxygen atoms in total. The Kier molecular flexibility index (Phi) is 23.4. The van der Waals surface area contributed by atoms with Crippen molar-refractivity contribution in [2.75, 3.05) is 0 Å². The molecule has 0 fully saturated rings. The zero-order valence-corrected chi connectivity index (χ0v) is 17.8. The third kappa shape index (κ3) is 10.8. The van der Waals surface area contributed by atoms with E-state index >= 15 is 0 Å². The van der Waals surface area contributed by atoms with E-state index < -0.39 is 0 Å². The van der Waals surface area contributed by atoms with Gasteiger partial charge in [0.25, 0.3) is 0 Å². The molecule has 4 heteroatoms. The van der Waals surface area contributed by atoms with E-state index in [4.69, 9.17) is 0 Å². The van der Waals surface area contributed by atoms with Gasteiger partial charge in [0.15, 0.2) is 0 Å². The first-order valence-corrected chi connectivity index (χ1v) is 8.36. The molecule has 0 aromatic heterocycles. The van der Waals surface area contributed by atoms with Gasteiger partial charge in [-0.2, -0.15) is 0 Å². The van der Waals surface area contributed by atoms with Crippen LogP contribution in [0.15, 0.2) is 21.6 Å². The first-order valence-electron chi connectivity index (χ1n) is 4.03. The van der Waals surface area contributed by atoms with Crippen LogP contribution in [0.25, 0.3) is 0 Å². The second-order valence-corrected chi connectivity index (χ2v) is 7.98. The molecule has 0 spiro atoms. The Bertz CT molecular complexity index is 155. The number of halogens is 3. The summed E-state index contributed by atoms with van der Waals surface area (Å²) < 4.78 is 3.39. The maximum atomic E-state index is 2.35. The number of allylic oxidation sites excluding steroid dienone is 4. The van der Waals surface area contributed by atoms with Crippen LogP contribution in [-0.2, 0) is 22.9 Å². The largest absolute Gasteiger partial charge is 1.00 e. The molecule has 13 heavy (non-hydrogen) atoms. The maximum Gasteiger partial charge on any atom is -1.00 e. The summed E-state index contributed by atoms with van der Waals surface area (Å²) in [6.07, 6.45) is 11.0. The van der Waals surface area contributed by atoms with Crippen molar-refractivity contribution in [1.29, 1.82) is 0 Å². The minimum Gasteiger partial charge on any atom is -1.00 e. The van der Waals surface area contributed by atoms with Gasteiger partial charge in [-0.1, -0.05) is 0 Å². The Morgan fingerprint density at radius 3 is 2.46 bits per heavy atom. The van der Waals surface area contributed by atoms with E-state index in [0.29, 0.717) is 0 Å². The van der Waals surface area contributed by atoms with E-state index in [1.165, 1.54) is 19.3 Å². The normalized spacial score (nSPS) is 11.6.